The van der Waals surface area contributed by atoms with Gasteiger partial charge in [-0.25, -0.2) is 0 Å². The van der Waals surface area contributed by atoms with Crippen LogP contribution in [0.5, 0.6) is 0 Å². The van der Waals surface area contributed by atoms with Crippen LogP contribution in [-0.2, 0) is 26.7 Å². The van der Waals surface area contributed by atoms with Crippen LogP contribution in [0.2, 0.25) is 0 Å². The van der Waals surface area contributed by atoms with Gasteiger partial charge in [0.25, 0.3) is 0 Å². The van der Waals surface area contributed by atoms with Crippen LogP contribution >= 0.6 is 0 Å². The number of hydrogen-bond donors (Lipinski definition) is 2. The van der Waals surface area contributed by atoms with Crippen LogP contribution in [0.4, 0.5) is 0 Å². The van der Waals surface area contributed by atoms with E-state index >= 15 is 0 Å². The summed E-state index contributed by atoms with van der Waals surface area (Å²) in [5.41, 5.74) is 1.53. The Bertz CT molecular complexity index is 711. The van der Waals surface area contributed by atoms with Crippen molar-refractivity contribution in [2.75, 3.05) is 0 Å². The first-order valence-electron chi connectivity index (χ1n) is 11.4. The maximum atomic E-state index is 11.4. The van der Waals surface area contributed by atoms with Crippen LogP contribution in [0.15, 0.2) is 72.2 Å². The molecule has 5 heteroatoms. The van der Waals surface area contributed by atoms with Crippen LogP contribution in [-0.4, -0.2) is 23.7 Å². The summed E-state index contributed by atoms with van der Waals surface area (Å²) in [6, 6.07) is 1.14. The molecule has 4 rings (SSSR count). The SMILES string of the molecule is O=C1C=CC=C/C1=C/NC1CCCCC1.O=C1C=CC=C/C1=C/NC1CCCCC1.[Cu]. The molecule has 0 heterocycles. The van der Waals surface area contributed by atoms with Gasteiger partial charge in [0.05, 0.1) is 0 Å². The van der Waals surface area contributed by atoms with Gasteiger partial charge in [-0.15, -0.1) is 0 Å². The van der Waals surface area contributed by atoms with Crippen LogP contribution in [0.3, 0.4) is 0 Å². The van der Waals surface area contributed by atoms with Gasteiger partial charge in [0.1, 0.15) is 0 Å². The molecule has 0 spiro atoms. The smallest absolute Gasteiger partial charge is 0.187 e. The van der Waals surface area contributed by atoms with E-state index in [0.29, 0.717) is 12.1 Å². The molecule has 31 heavy (non-hydrogen) atoms. The number of ketones is 2. The maximum Gasteiger partial charge on any atom is 0.187 e. The fourth-order valence-corrected chi connectivity index (χ4v) is 4.15. The van der Waals surface area contributed by atoms with E-state index in [4.69, 9.17) is 0 Å². The molecule has 0 amide bonds. The summed E-state index contributed by atoms with van der Waals surface area (Å²) < 4.78 is 0. The van der Waals surface area contributed by atoms with E-state index in [1.807, 2.05) is 36.7 Å². The van der Waals surface area contributed by atoms with E-state index in [1.54, 1.807) is 24.3 Å². The van der Waals surface area contributed by atoms with Crippen molar-refractivity contribution in [3.8, 4) is 0 Å². The maximum absolute atomic E-state index is 11.4. The summed E-state index contributed by atoms with van der Waals surface area (Å²) in [6.07, 6.45) is 30.9. The number of nitrogens with one attached hydrogen (secondary N) is 2. The van der Waals surface area contributed by atoms with Gasteiger partial charge < -0.3 is 10.6 Å². The van der Waals surface area contributed by atoms with Crippen molar-refractivity contribution >= 4 is 11.6 Å². The third-order valence-corrected chi connectivity index (χ3v) is 6.00. The summed E-state index contributed by atoms with van der Waals surface area (Å²) >= 11 is 0. The summed E-state index contributed by atoms with van der Waals surface area (Å²) in [5.74, 6) is 0.196. The average molecular weight is 470 g/mol. The van der Waals surface area contributed by atoms with Crippen molar-refractivity contribution in [3.05, 3.63) is 72.2 Å². The van der Waals surface area contributed by atoms with E-state index < -0.39 is 0 Å². The zero-order valence-electron chi connectivity index (χ0n) is 18.1. The van der Waals surface area contributed by atoms with Crippen molar-refractivity contribution in [1.29, 1.82) is 0 Å². The second kappa shape index (κ2) is 14.1. The topological polar surface area (TPSA) is 58.2 Å². The van der Waals surface area contributed by atoms with Gasteiger partial charge in [-0.05, 0) is 50.0 Å². The molecular formula is C26H34CuN2O2. The average Bonchev–Trinajstić information content (AvgIpc) is 2.80. The summed E-state index contributed by atoms with van der Waals surface area (Å²) in [4.78, 5) is 22.8. The Morgan fingerprint density at radius 3 is 1.29 bits per heavy atom. The molecule has 4 aliphatic carbocycles. The second-order valence-electron chi connectivity index (χ2n) is 8.37. The Kier molecular flexibility index (Phi) is 11.4. The van der Waals surface area contributed by atoms with Gasteiger partial charge in [-0.1, -0.05) is 62.8 Å². The number of carbonyl (C=O) groups is 2. The van der Waals surface area contributed by atoms with Crippen LogP contribution in [0.1, 0.15) is 64.2 Å². The predicted molar refractivity (Wildman–Crippen MR) is 123 cm³/mol. The van der Waals surface area contributed by atoms with Crippen LogP contribution in [0.25, 0.3) is 0 Å². The zero-order valence-corrected chi connectivity index (χ0v) is 19.1. The predicted octanol–water partition coefficient (Wildman–Crippen LogP) is 4.97. The van der Waals surface area contributed by atoms with Crippen molar-refractivity contribution in [2.45, 2.75) is 76.3 Å². The second-order valence-corrected chi connectivity index (χ2v) is 8.37. The van der Waals surface area contributed by atoms with Gasteiger partial charge in [0.2, 0.25) is 0 Å². The van der Waals surface area contributed by atoms with Crippen molar-refractivity contribution in [2.24, 2.45) is 0 Å². The third kappa shape index (κ3) is 8.88. The Morgan fingerprint density at radius 2 is 0.935 bits per heavy atom. The summed E-state index contributed by atoms with van der Waals surface area (Å²) in [7, 11) is 0. The molecule has 2 saturated carbocycles. The number of rotatable bonds is 4. The summed E-state index contributed by atoms with van der Waals surface area (Å²) in [5, 5.41) is 6.71. The van der Waals surface area contributed by atoms with E-state index in [0.717, 1.165) is 11.1 Å². The quantitative estimate of drug-likeness (QED) is 0.450. The van der Waals surface area contributed by atoms with Crippen molar-refractivity contribution < 1.29 is 26.7 Å². The Morgan fingerprint density at radius 1 is 0.581 bits per heavy atom. The van der Waals surface area contributed by atoms with Gasteiger partial charge in [-0.2, -0.15) is 0 Å². The van der Waals surface area contributed by atoms with E-state index in [1.165, 1.54) is 64.2 Å². The largest absolute Gasteiger partial charge is 0.388 e. The molecule has 2 fully saturated rings. The minimum atomic E-state index is 0. The molecule has 4 aliphatic rings. The van der Waals surface area contributed by atoms with Gasteiger partial charge in [0, 0.05) is 52.7 Å². The first-order chi connectivity index (χ1) is 14.7. The van der Waals surface area contributed by atoms with Crippen LogP contribution < -0.4 is 10.6 Å². The standard InChI is InChI=1S/2C13H17NO.Cu/c2*15-13-9-5-4-6-11(13)10-14-12-7-2-1-3-8-12;/h2*4-6,9-10,12,14H,1-3,7-8H2;/b2*11-10-;. The Hall–Kier alpha value is -2.10. The van der Waals surface area contributed by atoms with Gasteiger partial charge >= 0.3 is 0 Å². The minimum Gasteiger partial charge on any atom is -0.388 e. The molecule has 0 unspecified atom stereocenters. The molecule has 0 atom stereocenters. The number of carbonyl (C=O) groups excluding carboxylic acids is 2. The molecule has 0 saturated heterocycles. The zero-order chi connectivity index (χ0) is 21.0. The molecule has 4 nitrogen and oxygen atoms in total. The third-order valence-electron chi connectivity index (χ3n) is 6.00. The molecule has 2 N–H and O–H groups in total. The monoisotopic (exact) mass is 469 g/mol. The molecule has 0 aromatic carbocycles. The number of allylic oxidation sites excluding steroid dienone is 10. The molecule has 0 aliphatic heterocycles. The Labute approximate surface area is 197 Å². The molecule has 1 radical (unpaired) electrons. The minimum absolute atomic E-state index is 0. The molecule has 0 aromatic heterocycles. The van der Waals surface area contributed by atoms with Crippen molar-refractivity contribution in [3.63, 3.8) is 0 Å². The first-order valence-corrected chi connectivity index (χ1v) is 11.4. The van der Waals surface area contributed by atoms with E-state index in [-0.39, 0.29) is 28.6 Å². The Balaban J connectivity index is 0.000000213. The van der Waals surface area contributed by atoms with Gasteiger partial charge in [0.15, 0.2) is 11.6 Å². The van der Waals surface area contributed by atoms with Crippen LogP contribution in [0, 0.1) is 0 Å². The fraction of sp³-hybridized carbons (Fsp3) is 0.462. The summed E-state index contributed by atoms with van der Waals surface area (Å²) in [6.45, 7) is 0. The molecular weight excluding hydrogens is 436 g/mol. The number of hydrogen-bond acceptors (Lipinski definition) is 4. The van der Waals surface area contributed by atoms with E-state index in [2.05, 4.69) is 10.6 Å². The van der Waals surface area contributed by atoms with Crippen molar-refractivity contribution in [1.82, 2.24) is 10.6 Å². The first kappa shape index (κ1) is 25.2. The van der Waals surface area contributed by atoms with Gasteiger partial charge in [-0.3, -0.25) is 9.59 Å². The molecule has 171 valence electrons. The molecule has 0 aromatic rings. The normalized spacial score (nSPS) is 24.0. The molecule has 0 bridgehead atoms. The van der Waals surface area contributed by atoms with E-state index in [9.17, 15) is 9.59 Å². The fourth-order valence-electron chi connectivity index (χ4n) is 4.15.